The van der Waals surface area contributed by atoms with E-state index in [9.17, 15) is 0 Å². The van der Waals surface area contributed by atoms with Gasteiger partial charge in [0.05, 0.1) is 5.69 Å². The Kier molecular flexibility index (Phi) is 5.55. The molecule has 2 aliphatic carbocycles. The van der Waals surface area contributed by atoms with E-state index in [0.717, 1.165) is 30.9 Å². The van der Waals surface area contributed by atoms with E-state index in [1.165, 1.54) is 64.5 Å². The largest absolute Gasteiger partial charge is 0.368 e. The van der Waals surface area contributed by atoms with Gasteiger partial charge in [0.15, 0.2) is 0 Å². The van der Waals surface area contributed by atoms with Crippen LogP contribution in [0.1, 0.15) is 75.8 Å². The molecule has 0 spiro atoms. The third-order valence-electron chi connectivity index (χ3n) is 7.08. The van der Waals surface area contributed by atoms with Crippen molar-refractivity contribution >= 4 is 11.8 Å². The zero-order chi connectivity index (χ0) is 18.9. The Bertz CT molecular complexity index is 630. The summed E-state index contributed by atoms with van der Waals surface area (Å²) in [4.78, 5) is 14.2. The number of likely N-dealkylation sites (tertiary alicyclic amines) is 1. The summed E-state index contributed by atoms with van der Waals surface area (Å²) in [5.41, 5.74) is 13.4. The number of piperidine rings is 1. The maximum absolute atomic E-state index is 6.07. The molecule has 0 unspecified atom stereocenters. The van der Waals surface area contributed by atoms with Gasteiger partial charge in [-0.15, -0.1) is 0 Å². The molecule has 6 heteroatoms. The van der Waals surface area contributed by atoms with E-state index in [1.807, 2.05) is 0 Å². The lowest BCUT2D eigenvalue weighted by molar-refractivity contribution is 0.0395. The Morgan fingerprint density at radius 3 is 2.41 bits per heavy atom. The maximum atomic E-state index is 6.07. The van der Waals surface area contributed by atoms with Crippen molar-refractivity contribution in [1.29, 1.82) is 0 Å². The van der Waals surface area contributed by atoms with Crippen LogP contribution in [0.15, 0.2) is 6.07 Å². The zero-order valence-corrected chi connectivity index (χ0v) is 16.9. The first kappa shape index (κ1) is 18.9. The van der Waals surface area contributed by atoms with Crippen LogP contribution < -0.4 is 16.4 Å². The van der Waals surface area contributed by atoms with Gasteiger partial charge in [-0.2, -0.15) is 4.98 Å². The van der Waals surface area contributed by atoms with Crippen molar-refractivity contribution in [2.45, 2.75) is 81.7 Å². The summed E-state index contributed by atoms with van der Waals surface area (Å²) in [7, 11) is 2.18. The molecule has 1 aliphatic heterocycles. The summed E-state index contributed by atoms with van der Waals surface area (Å²) in [6, 6.07) is 2.47. The highest BCUT2D eigenvalue weighted by Crippen LogP contribution is 2.38. The molecule has 6 nitrogen and oxygen atoms in total. The average molecular weight is 373 g/mol. The summed E-state index contributed by atoms with van der Waals surface area (Å²) in [6.07, 6.45) is 12.8. The van der Waals surface area contributed by atoms with Crippen LogP contribution in [0, 0.1) is 0 Å². The Labute approximate surface area is 163 Å². The molecule has 0 aromatic carbocycles. The number of rotatable bonds is 5. The standard InChI is InChI=1S/C21H36N6/c1-26(19-14-18(24-20(23)25-19)16-12-17(22)13-16)15-21(8-4-2-5-9-21)27-10-6-3-7-11-27/h14,16-17H,2-13,15,22H2,1H3,(H2,23,24,25). The lowest BCUT2D eigenvalue weighted by Crippen LogP contribution is -2.57. The fraction of sp³-hybridized carbons (Fsp3) is 0.810. The molecule has 27 heavy (non-hydrogen) atoms. The van der Waals surface area contributed by atoms with Crippen molar-refractivity contribution in [3.05, 3.63) is 11.8 Å². The normalized spacial score (nSPS) is 28.5. The molecule has 1 aromatic rings. The number of aromatic nitrogens is 2. The third-order valence-corrected chi connectivity index (χ3v) is 7.08. The van der Waals surface area contributed by atoms with Crippen molar-refractivity contribution in [2.75, 3.05) is 37.3 Å². The monoisotopic (exact) mass is 372 g/mol. The van der Waals surface area contributed by atoms with E-state index in [4.69, 9.17) is 11.5 Å². The second-order valence-corrected chi connectivity index (χ2v) is 9.13. The first-order valence-corrected chi connectivity index (χ1v) is 10.9. The summed E-state index contributed by atoms with van der Waals surface area (Å²) in [5, 5.41) is 0. The fourth-order valence-corrected chi connectivity index (χ4v) is 5.45. The third kappa shape index (κ3) is 4.06. The van der Waals surface area contributed by atoms with Gasteiger partial charge in [-0.1, -0.05) is 25.7 Å². The van der Waals surface area contributed by atoms with Gasteiger partial charge in [0.25, 0.3) is 0 Å². The molecular weight excluding hydrogens is 336 g/mol. The number of nitrogen functional groups attached to an aromatic ring is 1. The van der Waals surface area contributed by atoms with Crippen molar-refractivity contribution < 1.29 is 0 Å². The topological polar surface area (TPSA) is 84.3 Å². The number of nitrogens with two attached hydrogens (primary N) is 2. The van der Waals surface area contributed by atoms with E-state index >= 15 is 0 Å². The molecular formula is C21H36N6. The first-order chi connectivity index (χ1) is 13.1. The minimum atomic E-state index is 0.298. The SMILES string of the molecule is CN(CC1(N2CCCCC2)CCCCC1)c1cc(C2CC(N)C2)nc(N)n1. The number of likely N-dealkylation sites (N-methyl/N-ethyl adjacent to an activating group) is 1. The summed E-state index contributed by atoms with van der Waals surface area (Å²) < 4.78 is 0. The molecule has 0 radical (unpaired) electrons. The van der Waals surface area contributed by atoms with Gasteiger partial charge >= 0.3 is 0 Å². The molecule has 4 N–H and O–H groups in total. The number of hydrogen-bond acceptors (Lipinski definition) is 6. The van der Waals surface area contributed by atoms with Crippen molar-refractivity contribution in [2.24, 2.45) is 5.73 Å². The van der Waals surface area contributed by atoms with Gasteiger partial charge in [-0.05, 0) is 51.6 Å². The van der Waals surface area contributed by atoms with Crippen LogP contribution in [0.4, 0.5) is 11.8 Å². The highest BCUT2D eigenvalue weighted by atomic mass is 15.3. The van der Waals surface area contributed by atoms with E-state index in [0.29, 0.717) is 23.4 Å². The molecule has 2 heterocycles. The highest BCUT2D eigenvalue weighted by molar-refractivity contribution is 5.44. The van der Waals surface area contributed by atoms with Crippen molar-refractivity contribution in [1.82, 2.24) is 14.9 Å². The molecule has 0 atom stereocenters. The van der Waals surface area contributed by atoms with Crippen LogP contribution in [0.25, 0.3) is 0 Å². The molecule has 1 aromatic heterocycles. The lowest BCUT2D eigenvalue weighted by Gasteiger charge is -2.50. The predicted octanol–water partition coefficient (Wildman–Crippen LogP) is 2.89. The summed E-state index contributed by atoms with van der Waals surface area (Å²) in [6.45, 7) is 3.54. The van der Waals surface area contributed by atoms with Gasteiger partial charge in [-0.25, -0.2) is 4.98 Å². The minimum absolute atomic E-state index is 0.298. The second-order valence-electron chi connectivity index (χ2n) is 9.13. The maximum Gasteiger partial charge on any atom is 0.222 e. The Morgan fingerprint density at radius 1 is 1.07 bits per heavy atom. The van der Waals surface area contributed by atoms with Gasteiger partial charge in [0.2, 0.25) is 5.95 Å². The lowest BCUT2D eigenvalue weighted by atomic mass is 9.78. The molecule has 4 rings (SSSR count). The average Bonchev–Trinajstić information content (AvgIpc) is 2.66. The van der Waals surface area contributed by atoms with Gasteiger partial charge in [-0.3, -0.25) is 4.90 Å². The molecule has 0 amide bonds. The molecule has 3 fully saturated rings. The molecule has 3 aliphatic rings. The fourth-order valence-electron chi connectivity index (χ4n) is 5.45. The van der Waals surface area contributed by atoms with Crippen molar-refractivity contribution in [3.63, 3.8) is 0 Å². The smallest absolute Gasteiger partial charge is 0.222 e. The van der Waals surface area contributed by atoms with Crippen LogP contribution >= 0.6 is 0 Å². The summed E-state index contributed by atoms with van der Waals surface area (Å²) >= 11 is 0. The number of nitrogens with zero attached hydrogens (tertiary/aromatic N) is 4. The van der Waals surface area contributed by atoms with Crippen LogP contribution in [-0.4, -0.2) is 53.1 Å². The summed E-state index contributed by atoms with van der Waals surface area (Å²) in [5.74, 6) is 1.81. The van der Waals surface area contributed by atoms with Gasteiger partial charge in [0.1, 0.15) is 5.82 Å². The quantitative estimate of drug-likeness (QED) is 0.827. The first-order valence-electron chi connectivity index (χ1n) is 10.9. The van der Waals surface area contributed by atoms with Gasteiger partial charge < -0.3 is 16.4 Å². The van der Waals surface area contributed by atoms with E-state index in [1.54, 1.807) is 0 Å². The van der Waals surface area contributed by atoms with Gasteiger partial charge in [0, 0.05) is 37.2 Å². The molecule has 0 bridgehead atoms. The molecule has 1 saturated heterocycles. The Morgan fingerprint density at radius 2 is 1.74 bits per heavy atom. The predicted molar refractivity (Wildman–Crippen MR) is 111 cm³/mol. The number of hydrogen-bond donors (Lipinski definition) is 2. The Balaban J connectivity index is 1.53. The zero-order valence-electron chi connectivity index (χ0n) is 16.9. The van der Waals surface area contributed by atoms with Crippen LogP contribution in [-0.2, 0) is 0 Å². The molecule has 150 valence electrons. The second kappa shape index (κ2) is 7.92. The van der Waals surface area contributed by atoms with Crippen LogP contribution in [0.3, 0.4) is 0 Å². The number of anilines is 2. The van der Waals surface area contributed by atoms with E-state index in [-0.39, 0.29) is 0 Å². The Hall–Kier alpha value is -1.40. The minimum Gasteiger partial charge on any atom is -0.368 e. The van der Waals surface area contributed by atoms with E-state index in [2.05, 4.69) is 32.9 Å². The molecule has 2 saturated carbocycles. The van der Waals surface area contributed by atoms with Crippen LogP contribution in [0.2, 0.25) is 0 Å². The highest BCUT2D eigenvalue weighted by Gasteiger charge is 2.39. The van der Waals surface area contributed by atoms with E-state index < -0.39 is 0 Å². The van der Waals surface area contributed by atoms with Crippen molar-refractivity contribution in [3.8, 4) is 0 Å². The van der Waals surface area contributed by atoms with Crippen LogP contribution in [0.5, 0.6) is 0 Å².